The molecule has 3 aromatic rings. The number of nitrogens with zero attached hydrogens (tertiary/aromatic N) is 3. The van der Waals surface area contributed by atoms with Crippen LogP contribution in [0.3, 0.4) is 0 Å². The van der Waals surface area contributed by atoms with Gasteiger partial charge < -0.3 is 9.13 Å². The Morgan fingerprint density at radius 1 is 1.12 bits per heavy atom. The molecule has 0 unspecified atom stereocenters. The lowest BCUT2D eigenvalue weighted by molar-refractivity contribution is -0.384. The number of fused-ring (bicyclic) bond motifs is 1. The van der Waals surface area contributed by atoms with Gasteiger partial charge in [-0.3, -0.25) is 20.3 Å². The highest BCUT2D eigenvalue weighted by Gasteiger charge is 2.14. The smallest absolute Gasteiger partial charge is 0.269 e. The standard InChI is InChI=1S/C16H14N4O3.BrH/c1-18-13-4-2-3-5-14(13)19(16(18)17)10-15(21)11-6-8-12(9-7-11)20(22)23;/h2-9,17H,10H2,1H3;1H. The summed E-state index contributed by atoms with van der Waals surface area (Å²) in [6, 6.07) is 13.0. The number of aromatic nitrogens is 2. The molecule has 0 spiro atoms. The number of ketones is 1. The first-order chi connectivity index (χ1) is 11.0. The average Bonchev–Trinajstić information content (AvgIpc) is 2.80. The summed E-state index contributed by atoms with van der Waals surface area (Å²) in [6.45, 7) is 0.0119. The van der Waals surface area contributed by atoms with E-state index in [4.69, 9.17) is 5.41 Å². The Morgan fingerprint density at radius 3 is 2.29 bits per heavy atom. The van der Waals surface area contributed by atoms with E-state index < -0.39 is 4.92 Å². The number of carbonyl (C=O) groups excluding carboxylic acids is 1. The number of halogens is 1. The number of nitrogens with one attached hydrogen (secondary N) is 1. The Morgan fingerprint density at radius 2 is 1.71 bits per heavy atom. The number of nitro benzene ring substituents is 1. The van der Waals surface area contributed by atoms with Crippen molar-refractivity contribution in [3.05, 3.63) is 69.8 Å². The summed E-state index contributed by atoms with van der Waals surface area (Å²) in [7, 11) is 1.78. The molecule has 1 N–H and O–H groups in total. The van der Waals surface area contributed by atoms with Crippen LogP contribution in [0.15, 0.2) is 48.5 Å². The third kappa shape index (κ3) is 3.00. The molecule has 0 saturated carbocycles. The molecule has 0 saturated heterocycles. The molecule has 124 valence electrons. The summed E-state index contributed by atoms with van der Waals surface area (Å²) in [5, 5.41) is 18.8. The molecule has 24 heavy (non-hydrogen) atoms. The molecular weight excluding hydrogens is 376 g/mol. The molecule has 0 amide bonds. The molecule has 0 bridgehead atoms. The first-order valence-corrected chi connectivity index (χ1v) is 6.95. The Balaban J connectivity index is 0.00000208. The van der Waals surface area contributed by atoms with Crippen LogP contribution < -0.4 is 5.62 Å². The third-order valence-corrected chi connectivity index (χ3v) is 3.81. The van der Waals surface area contributed by atoms with Crippen molar-refractivity contribution in [3.63, 3.8) is 0 Å². The maximum Gasteiger partial charge on any atom is 0.269 e. The highest BCUT2D eigenvalue weighted by molar-refractivity contribution is 8.93. The van der Waals surface area contributed by atoms with Gasteiger partial charge in [0.2, 0.25) is 5.62 Å². The fraction of sp³-hybridized carbons (Fsp3) is 0.125. The van der Waals surface area contributed by atoms with E-state index in [1.54, 1.807) is 16.2 Å². The van der Waals surface area contributed by atoms with Crippen LogP contribution in [0.25, 0.3) is 11.0 Å². The van der Waals surface area contributed by atoms with Gasteiger partial charge in [0.05, 0.1) is 22.5 Å². The zero-order chi connectivity index (χ0) is 16.6. The Kier molecular flexibility index (Phi) is 4.99. The van der Waals surface area contributed by atoms with Crippen molar-refractivity contribution in [1.82, 2.24) is 9.13 Å². The number of rotatable bonds is 4. The van der Waals surface area contributed by atoms with Gasteiger partial charge in [0.15, 0.2) is 5.78 Å². The van der Waals surface area contributed by atoms with Crippen LogP contribution in [-0.4, -0.2) is 19.8 Å². The molecule has 1 aromatic heterocycles. The van der Waals surface area contributed by atoms with Gasteiger partial charge in [0.1, 0.15) is 0 Å². The monoisotopic (exact) mass is 390 g/mol. The largest absolute Gasteiger partial charge is 0.313 e. The fourth-order valence-electron chi connectivity index (χ4n) is 2.55. The van der Waals surface area contributed by atoms with Crippen molar-refractivity contribution in [3.8, 4) is 0 Å². The average molecular weight is 391 g/mol. The van der Waals surface area contributed by atoms with E-state index in [-0.39, 0.29) is 40.6 Å². The maximum absolute atomic E-state index is 12.4. The minimum Gasteiger partial charge on any atom is -0.313 e. The lowest BCUT2D eigenvalue weighted by Gasteiger charge is -2.04. The molecule has 0 radical (unpaired) electrons. The minimum absolute atomic E-state index is 0. The van der Waals surface area contributed by atoms with Crippen LogP contribution in [0.4, 0.5) is 5.69 Å². The molecule has 3 rings (SSSR count). The first-order valence-electron chi connectivity index (χ1n) is 6.95. The van der Waals surface area contributed by atoms with Crippen molar-refractivity contribution in [2.75, 3.05) is 0 Å². The fourth-order valence-corrected chi connectivity index (χ4v) is 2.55. The second-order valence-corrected chi connectivity index (χ2v) is 5.18. The number of para-hydroxylation sites is 2. The second kappa shape index (κ2) is 6.79. The van der Waals surface area contributed by atoms with Gasteiger partial charge in [-0.05, 0) is 24.3 Å². The van der Waals surface area contributed by atoms with Crippen molar-refractivity contribution in [2.45, 2.75) is 6.54 Å². The van der Waals surface area contributed by atoms with Crippen molar-refractivity contribution in [2.24, 2.45) is 7.05 Å². The van der Waals surface area contributed by atoms with Crippen molar-refractivity contribution >= 4 is 39.5 Å². The van der Waals surface area contributed by atoms with E-state index in [9.17, 15) is 14.9 Å². The molecule has 8 heteroatoms. The predicted molar refractivity (Wildman–Crippen MR) is 94.5 cm³/mol. The second-order valence-electron chi connectivity index (χ2n) is 5.18. The molecule has 0 aliphatic heterocycles. The zero-order valence-corrected chi connectivity index (χ0v) is 14.5. The topological polar surface area (TPSA) is 93.9 Å². The SMILES string of the molecule is Br.Cn1c(=N)n(CC(=O)c2ccc([N+](=O)[O-])cc2)c2ccccc21. The van der Waals surface area contributed by atoms with Gasteiger partial charge in [-0.2, -0.15) is 0 Å². The van der Waals surface area contributed by atoms with Gasteiger partial charge in [0, 0.05) is 24.7 Å². The molecular formula is C16H15BrN4O3. The zero-order valence-electron chi connectivity index (χ0n) is 12.8. The highest BCUT2D eigenvalue weighted by Crippen LogP contribution is 2.15. The lowest BCUT2D eigenvalue weighted by atomic mass is 10.1. The lowest BCUT2D eigenvalue weighted by Crippen LogP contribution is -2.25. The van der Waals surface area contributed by atoms with Gasteiger partial charge >= 0.3 is 0 Å². The number of Topliss-reactive ketones (excluding diaryl/α,β-unsaturated/α-hetero) is 1. The molecule has 0 aliphatic carbocycles. The summed E-state index contributed by atoms with van der Waals surface area (Å²) in [6.07, 6.45) is 0. The summed E-state index contributed by atoms with van der Waals surface area (Å²) < 4.78 is 3.33. The normalized spacial score (nSPS) is 10.4. The van der Waals surface area contributed by atoms with Gasteiger partial charge in [0.25, 0.3) is 5.69 Å². The van der Waals surface area contributed by atoms with Gasteiger partial charge in [-0.25, -0.2) is 0 Å². The number of benzene rings is 2. The molecule has 0 fully saturated rings. The van der Waals surface area contributed by atoms with E-state index in [0.29, 0.717) is 5.56 Å². The Hall–Kier alpha value is -2.74. The van der Waals surface area contributed by atoms with Crippen LogP contribution in [-0.2, 0) is 13.6 Å². The van der Waals surface area contributed by atoms with Crippen LogP contribution in [0.1, 0.15) is 10.4 Å². The van der Waals surface area contributed by atoms with Crippen LogP contribution in [0, 0.1) is 15.5 Å². The molecule has 1 heterocycles. The van der Waals surface area contributed by atoms with Crippen LogP contribution >= 0.6 is 17.0 Å². The minimum atomic E-state index is -0.504. The third-order valence-electron chi connectivity index (χ3n) is 3.81. The number of imidazole rings is 1. The number of hydrogen-bond acceptors (Lipinski definition) is 4. The van der Waals surface area contributed by atoms with Crippen LogP contribution in [0.5, 0.6) is 0 Å². The van der Waals surface area contributed by atoms with E-state index in [0.717, 1.165) is 11.0 Å². The van der Waals surface area contributed by atoms with E-state index in [1.165, 1.54) is 24.3 Å². The number of aryl methyl sites for hydroxylation is 1. The van der Waals surface area contributed by atoms with Gasteiger partial charge in [-0.1, -0.05) is 12.1 Å². The maximum atomic E-state index is 12.4. The van der Waals surface area contributed by atoms with Crippen molar-refractivity contribution < 1.29 is 9.72 Å². The Labute approximate surface area is 147 Å². The van der Waals surface area contributed by atoms with Crippen LogP contribution in [0.2, 0.25) is 0 Å². The number of non-ortho nitro benzene ring substituents is 1. The first kappa shape index (κ1) is 17.6. The molecule has 0 atom stereocenters. The number of hydrogen-bond donors (Lipinski definition) is 1. The van der Waals surface area contributed by atoms with E-state index >= 15 is 0 Å². The molecule has 0 aliphatic rings. The summed E-state index contributed by atoms with van der Waals surface area (Å²) in [5.41, 5.74) is 2.22. The molecule has 7 nitrogen and oxygen atoms in total. The Bertz CT molecular complexity index is 973. The van der Waals surface area contributed by atoms with Crippen molar-refractivity contribution in [1.29, 1.82) is 5.41 Å². The molecule has 2 aromatic carbocycles. The van der Waals surface area contributed by atoms with E-state index in [1.807, 2.05) is 24.3 Å². The highest BCUT2D eigenvalue weighted by atomic mass is 79.9. The number of nitro groups is 1. The van der Waals surface area contributed by atoms with E-state index in [2.05, 4.69) is 0 Å². The summed E-state index contributed by atoms with van der Waals surface area (Å²) >= 11 is 0. The number of carbonyl (C=O) groups is 1. The quantitative estimate of drug-likeness (QED) is 0.421. The predicted octanol–water partition coefficient (Wildman–Crippen LogP) is 2.83. The summed E-state index contributed by atoms with van der Waals surface area (Å²) in [5.74, 6) is -0.199. The van der Waals surface area contributed by atoms with Gasteiger partial charge in [-0.15, -0.1) is 17.0 Å². The summed E-state index contributed by atoms with van der Waals surface area (Å²) in [4.78, 5) is 22.6.